The molecule has 0 aliphatic rings. The van der Waals surface area contributed by atoms with Crippen LogP contribution in [0.15, 0.2) is 47.4 Å². The first kappa shape index (κ1) is 19.2. The highest BCUT2D eigenvalue weighted by Crippen LogP contribution is 2.36. The van der Waals surface area contributed by atoms with Crippen LogP contribution in [0.1, 0.15) is 23.4 Å². The Bertz CT molecular complexity index is 834. The molecule has 25 heavy (non-hydrogen) atoms. The Labute approximate surface area is 157 Å². The van der Waals surface area contributed by atoms with E-state index < -0.39 is 21.6 Å². The molecule has 1 heterocycles. The summed E-state index contributed by atoms with van der Waals surface area (Å²) in [4.78, 5) is 39.2. The van der Waals surface area contributed by atoms with Gasteiger partial charge in [0.2, 0.25) is 9.70 Å². The zero-order valence-corrected chi connectivity index (χ0v) is 15.1. The monoisotopic (exact) mass is 402 g/mol. The summed E-state index contributed by atoms with van der Waals surface area (Å²) in [7, 11) is 0. The molecule has 1 atom stereocenters. The molecule has 0 aliphatic carbocycles. The maximum Gasteiger partial charge on any atom is 0.351 e. The molecule has 0 spiro atoms. The minimum Gasteiger partial charge on any atom is -0.328 e. The van der Waals surface area contributed by atoms with Crippen LogP contribution in [0.3, 0.4) is 0 Å². The Morgan fingerprint density at radius 2 is 1.80 bits per heavy atom. The van der Waals surface area contributed by atoms with Crippen molar-refractivity contribution in [3.05, 3.63) is 58.6 Å². The topological polar surface area (TPSA) is 93.1 Å². The molecule has 0 radical (unpaired) electrons. The number of amides is 2. The molecule has 2 amide bonds. The van der Waals surface area contributed by atoms with Crippen molar-refractivity contribution < 1.29 is 9.59 Å². The SMILES string of the molecule is CC(=O)Nc1ccn(C(NC(=O)c2ccccc2)C(Cl)(Cl)Cl)c(=O)n1. The number of alkyl halides is 3. The third-order valence-corrected chi connectivity index (χ3v) is 3.65. The van der Waals surface area contributed by atoms with E-state index in [1.165, 1.54) is 19.2 Å². The largest absolute Gasteiger partial charge is 0.351 e. The van der Waals surface area contributed by atoms with Crippen LogP contribution in [0.2, 0.25) is 0 Å². The fourth-order valence-electron chi connectivity index (χ4n) is 1.97. The number of anilines is 1. The molecule has 0 saturated heterocycles. The summed E-state index contributed by atoms with van der Waals surface area (Å²) in [6, 6.07) is 9.60. The zero-order valence-electron chi connectivity index (χ0n) is 12.9. The lowest BCUT2D eigenvalue weighted by molar-refractivity contribution is -0.114. The van der Waals surface area contributed by atoms with Crippen molar-refractivity contribution in [1.29, 1.82) is 0 Å². The van der Waals surface area contributed by atoms with E-state index in [0.717, 1.165) is 4.57 Å². The standard InChI is InChI=1S/C15H13Cl3N4O3/c1-9(23)19-11-7-8-22(14(25)20-11)13(15(16,17)18)21-12(24)10-5-3-2-4-6-10/h2-8,13H,1H3,(H,21,24)(H,19,20,23,25). The third-order valence-electron chi connectivity index (χ3n) is 3.03. The number of nitrogens with one attached hydrogen (secondary N) is 2. The van der Waals surface area contributed by atoms with Crippen molar-refractivity contribution in [3.63, 3.8) is 0 Å². The molecule has 1 aromatic carbocycles. The van der Waals surface area contributed by atoms with E-state index in [0.29, 0.717) is 5.56 Å². The number of aromatic nitrogens is 2. The summed E-state index contributed by atoms with van der Waals surface area (Å²) in [6.45, 7) is 1.28. The first-order valence-electron chi connectivity index (χ1n) is 6.98. The van der Waals surface area contributed by atoms with E-state index in [1.54, 1.807) is 30.3 Å². The smallest absolute Gasteiger partial charge is 0.328 e. The first-order chi connectivity index (χ1) is 11.7. The fourth-order valence-corrected chi connectivity index (χ4v) is 2.44. The summed E-state index contributed by atoms with van der Waals surface area (Å²) < 4.78 is -1.06. The molecule has 0 fully saturated rings. The summed E-state index contributed by atoms with van der Waals surface area (Å²) in [5, 5.41) is 4.86. The third kappa shape index (κ3) is 5.19. The molecule has 132 valence electrons. The molecule has 1 unspecified atom stereocenters. The Hall–Kier alpha value is -2.09. The van der Waals surface area contributed by atoms with Crippen LogP contribution in [0.25, 0.3) is 0 Å². The lowest BCUT2D eigenvalue weighted by Gasteiger charge is -2.27. The Balaban J connectivity index is 2.34. The van der Waals surface area contributed by atoms with Crippen LogP contribution >= 0.6 is 34.8 Å². The van der Waals surface area contributed by atoms with Gasteiger partial charge in [0, 0.05) is 18.7 Å². The van der Waals surface area contributed by atoms with Gasteiger partial charge in [-0.15, -0.1) is 0 Å². The highest BCUT2D eigenvalue weighted by molar-refractivity contribution is 6.67. The quantitative estimate of drug-likeness (QED) is 0.767. The number of hydrogen-bond donors (Lipinski definition) is 2. The number of rotatable bonds is 4. The molecule has 1 aromatic heterocycles. The van der Waals surface area contributed by atoms with E-state index in [-0.39, 0.29) is 11.7 Å². The van der Waals surface area contributed by atoms with Gasteiger partial charge in [0.05, 0.1) is 0 Å². The Morgan fingerprint density at radius 3 is 2.32 bits per heavy atom. The van der Waals surface area contributed by atoms with Crippen LogP contribution in [0.5, 0.6) is 0 Å². The van der Waals surface area contributed by atoms with Gasteiger partial charge < -0.3 is 10.6 Å². The van der Waals surface area contributed by atoms with Crippen LogP contribution in [0.4, 0.5) is 5.82 Å². The molecule has 10 heteroatoms. The molecule has 0 aliphatic heterocycles. The van der Waals surface area contributed by atoms with E-state index in [2.05, 4.69) is 15.6 Å². The average molecular weight is 404 g/mol. The number of hydrogen-bond acceptors (Lipinski definition) is 4. The summed E-state index contributed by atoms with van der Waals surface area (Å²) in [5.74, 6) is -0.874. The molecular weight excluding hydrogens is 391 g/mol. The predicted molar refractivity (Wildman–Crippen MR) is 96.0 cm³/mol. The van der Waals surface area contributed by atoms with Crippen LogP contribution in [-0.2, 0) is 4.79 Å². The lowest BCUT2D eigenvalue weighted by atomic mass is 10.2. The molecule has 2 N–H and O–H groups in total. The summed E-state index contributed by atoms with van der Waals surface area (Å²) in [6.07, 6.45) is -0.0464. The lowest BCUT2D eigenvalue weighted by Crippen LogP contribution is -2.45. The normalized spacial score (nSPS) is 12.3. The van der Waals surface area contributed by atoms with Crippen molar-refractivity contribution in [1.82, 2.24) is 14.9 Å². The van der Waals surface area contributed by atoms with E-state index >= 15 is 0 Å². The number of halogens is 3. The van der Waals surface area contributed by atoms with Crippen molar-refractivity contribution >= 4 is 52.4 Å². The van der Waals surface area contributed by atoms with Gasteiger partial charge in [0.15, 0.2) is 6.17 Å². The predicted octanol–water partition coefficient (Wildman–Crippen LogP) is 2.50. The number of carbonyl (C=O) groups excluding carboxylic acids is 2. The van der Waals surface area contributed by atoms with Crippen molar-refractivity contribution in [2.75, 3.05) is 5.32 Å². The van der Waals surface area contributed by atoms with Gasteiger partial charge in [-0.25, -0.2) is 4.79 Å². The Kier molecular flexibility index (Phi) is 6.05. The molecule has 2 rings (SSSR count). The molecular formula is C15H13Cl3N4O3. The highest BCUT2D eigenvalue weighted by atomic mass is 35.6. The Morgan fingerprint density at radius 1 is 1.16 bits per heavy atom. The van der Waals surface area contributed by atoms with Crippen LogP contribution in [-0.4, -0.2) is 25.2 Å². The molecule has 7 nitrogen and oxygen atoms in total. The van der Waals surface area contributed by atoms with Gasteiger partial charge in [0.1, 0.15) is 5.82 Å². The maximum atomic E-state index is 12.3. The van der Waals surface area contributed by atoms with Crippen molar-refractivity contribution in [2.45, 2.75) is 16.9 Å². The second kappa shape index (κ2) is 7.86. The van der Waals surface area contributed by atoms with Crippen LogP contribution < -0.4 is 16.3 Å². The number of benzene rings is 1. The van der Waals surface area contributed by atoms with Gasteiger partial charge in [-0.1, -0.05) is 53.0 Å². The van der Waals surface area contributed by atoms with E-state index in [1.807, 2.05) is 0 Å². The van der Waals surface area contributed by atoms with E-state index in [4.69, 9.17) is 34.8 Å². The number of nitrogens with zero attached hydrogens (tertiary/aromatic N) is 2. The highest BCUT2D eigenvalue weighted by Gasteiger charge is 2.36. The van der Waals surface area contributed by atoms with Gasteiger partial charge in [-0.05, 0) is 18.2 Å². The van der Waals surface area contributed by atoms with Crippen LogP contribution in [0, 0.1) is 0 Å². The minimum atomic E-state index is -2.02. The van der Waals surface area contributed by atoms with Gasteiger partial charge in [-0.2, -0.15) is 4.98 Å². The molecule has 0 saturated carbocycles. The summed E-state index contributed by atoms with van der Waals surface area (Å²) >= 11 is 17.8. The average Bonchev–Trinajstić information content (AvgIpc) is 2.52. The van der Waals surface area contributed by atoms with E-state index in [9.17, 15) is 14.4 Å². The summed E-state index contributed by atoms with van der Waals surface area (Å²) in [5.41, 5.74) is -0.478. The first-order valence-corrected chi connectivity index (χ1v) is 8.11. The van der Waals surface area contributed by atoms with Crippen molar-refractivity contribution in [2.24, 2.45) is 0 Å². The molecule has 2 aromatic rings. The van der Waals surface area contributed by atoms with Gasteiger partial charge in [0.25, 0.3) is 5.91 Å². The number of carbonyl (C=O) groups is 2. The second-order valence-electron chi connectivity index (χ2n) is 4.97. The fraction of sp³-hybridized carbons (Fsp3) is 0.200. The van der Waals surface area contributed by atoms with Gasteiger partial charge >= 0.3 is 5.69 Å². The second-order valence-corrected chi connectivity index (χ2v) is 7.34. The van der Waals surface area contributed by atoms with Gasteiger partial charge in [-0.3, -0.25) is 14.2 Å². The zero-order chi connectivity index (χ0) is 18.6. The van der Waals surface area contributed by atoms with Crippen molar-refractivity contribution in [3.8, 4) is 0 Å². The minimum absolute atomic E-state index is 0.0474. The maximum absolute atomic E-state index is 12.3. The molecule has 0 bridgehead atoms.